The summed E-state index contributed by atoms with van der Waals surface area (Å²) < 4.78 is 21.3. The monoisotopic (exact) mass is 471 g/mol. The zero-order valence-electron chi connectivity index (χ0n) is 18.5. The number of hydrogen-bond donors (Lipinski definition) is 1. The van der Waals surface area contributed by atoms with Gasteiger partial charge in [-0.3, -0.25) is 4.79 Å². The molecule has 174 valence electrons. The van der Waals surface area contributed by atoms with Gasteiger partial charge in [0.15, 0.2) is 18.1 Å². The number of nitrogens with zero attached hydrogens (tertiary/aromatic N) is 2. The minimum Gasteiger partial charge on any atom is -0.493 e. The molecule has 2 aromatic heterocycles. The molecule has 0 radical (unpaired) electrons. The fourth-order valence-electron chi connectivity index (χ4n) is 3.78. The van der Waals surface area contributed by atoms with Gasteiger partial charge in [-0.2, -0.15) is 16.3 Å². The molecule has 1 aromatic carbocycles. The average molecular weight is 472 g/mol. The maximum atomic E-state index is 12.9. The number of rotatable bonds is 8. The summed E-state index contributed by atoms with van der Waals surface area (Å²) in [5, 5.41) is 10.6. The van der Waals surface area contributed by atoms with E-state index in [1.54, 1.807) is 6.07 Å². The van der Waals surface area contributed by atoms with Crippen molar-refractivity contribution in [3.05, 3.63) is 40.4 Å². The number of thiophene rings is 1. The van der Waals surface area contributed by atoms with Gasteiger partial charge in [0.1, 0.15) is 0 Å². The van der Waals surface area contributed by atoms with Crippen LogP contribution in [0.3, 0.4) is 0 Å². The molecule has 0 unspecified atom stereocenters. The molecule has 4 rings (SSSR count). The average Bonchev–Trinajstić information content (AvgIpc) is 3.55. The lowest BCUT2D eigenvalue weighted by molar-refractivity contribution is -0.120. The minimum atomic E-state index is -0.662. The van der Waals surface area contributed by atoms with Crippen LogP contribution in [0.15, 0.2) is 33.5 Å². The van der Waals surface area contributed by atoms with Gasteiger partial charge in [-0.1, -0.05) is 24.4 Å². The molecule has 0 bridgehead atoms. The van der Waals surface area contributed by atoms with Crippen molar-refractivity contribution in [3.63, 3.8) is 0 Å². The molecule has 1 amide bonds. The van der Waals surface area contributed by atoms with Gasteiger partial charge < -0.3 is 24.1 Å². The number of carbonyl (C=O) groups excluding carboxylic acids is 2. The van der Waals surface area contributed by atoms with Crippen molar-refractivity contribution in [1.82, 2.24) is 10.1 Å². The normalized spacial score (nSPS) is 14.0. The van der Waals surface area contributed by atoms with E-state index in [4.69, 9.17) is 18.7 Å². The van der Waals surface area contributed by atoms with Crippen LogP contribution in [-0.4, -0.2) is 36.2 Å². The lowest BCUT2D eigenvalue weighted by atomic mass is 9.88. The summed E-state index contributed by atoms with van der Waals surface area (Å²) in [6, 6.07) is 4.93. The van der Waals surface area contributed by atoms with Gasteiger partial charge in [-0.25, -0.2) is 4.79 Å². The van der Waals surface area contributed by atoms with Crippen molar-refractivity contribution >= 4 is 28.9 Å². The number of carbonyl (C=O) groups is 2. The van der Waals surface area contributed by atoms with Gasteiger partial charge in [0, 0.05) is 29.0 Å². The van der Waals surface area contributed by atoms with Crippen LogP contribution in [0.25, 0.3) is 11.4 Å². The van der Waals surface area contributed by atoms with E-state index in [9.17, 15) is 9.59 Å². The van der Waals surface area contributed by atoms with Crippen LogP contribution < -0.4 is 14.8 Å². The minimum absolute atomic E-state index is 0.0790. The van der Waals surface area contributed by atoms with E-state index in [1.807, 2.05) is 16.8 Å². The van der Waals surface area contributed by atoms with Crippen LogP contribution in [0.1, 0.15) is 48.4 Å². The van der Waals surface area contributed by atoms with Crippen LogP contribution in [-0.2, 0) is 16.1 Å². The summed E-state index contributed by atoms with van der Waals surface area (Å²) in [4.78, 5) is 30.0. The van der Waals surface area contributed by atoms with Crippen molar-refractivity contribution in [2.75, 3.05) is 19.5 Å². The van der Waals surface area contributed by atoms with Gasteiger partial charge >= 0.3 is 5.97 Å². The Balaban J connectivity index is 1.51. The number of aromatic nitrogens is 2. The number of methoxy groups -OCH3 is 2. The molecule has 1 aliphatic carbocycles. The summed E-state index contributed by atoms with van der Waals surface area (Å²) in [6.45, 7) is -0.208. The number of ether oxygens (including phenoxy) is 3. The summed E-state index contributed by atoms with van der Waals surface area (Å²) in [5.74, 6) is 0.470. The third-order valence-electron chi connectivity index (χ3n) is 5.55. The first kappa shape index (κ1) is 22.8. The highest BCUT2D eigenvalue weighted by Crippen LogP contribution is 2.35. The van der Waals surface area contributed by atoms with Gasteiger partial charge in [-0.05, 0) is 24.3 Å². The van der Waals surface area contributed by atoms with Crippen molar-refractivity contribution in [2.24, 2.45) is 5.92 Å². The van der Waals surface area contributed by atoms with Crippen LogP contribution in [0.2, 0.25) is 0 Å². The zero-order valence-corrected chi connectivity index (χ0v) is 19.3. The van der Waals surface area contributed by atoms with Crippen LogP contribution in [0.5, 0.6) is 11.5 Å². The Morgan fingerprint density at radius 2 is 1.91 bits per heavy atom. The van der Waals surface area contributed by atoms with Crippen LogP contribution in [0, 0.1) is 5.92 Å². The summed E-state index contributed by atoms with van der Waals surface area (Å²) in [5.41, 5.74) is 1.28. The molecule has 1 N–H and O–H groups in total. The van der Waals surface area contributed by atoms with Gasteiger partial charge in [0.05, 0.1) is 25.5 Å². The van der Waals surface area contributed by atoms with E-state index in [1.165, 1.54) is 31.6 Å². The quantitative estimate of drug-likeness (QED) is 0.471. The number of esters is 1. The molecular formula is C23H25N3O6S. The predicted octanol–water partition coefficient (Wildman–Crippen LogP) is 4.69. The fourth-order valence-corrected chi connectivity index (χ4v) is 4.41. The highest BCUT2D eigenvalue weighted by Gasteiger charge is 2.25. The van der Waals surface area contributed by atoms with E-state index in [0.29, 0.717) is 23.0 Å². The summed E-state index contributed by atoms with van der Waals surface area (Å²) in [6.07, 6.45) is 4.86. The number of amides is 1. The molecule has 10 heteroatoms. The number of benzene rings is 1. The second-order valence-electron chi connectivity index (χ2n) is 7.68. The summed E-state index contributed by atoms with van der Waals surface area (Å²) in [7, 11) is 2.96. The van der Waals surface area contributed by atoms with Crippen LogP contribution in [0.4, 0.5) is 5.69 Å². The van der Waals surface area contributed by atoms with Crippen molar-refractivity contribution in [3.8, 4) is 22.9 Å². The molecule has 0 atom stereocenters. The first-order valence-corrected chi connectivity index (χ1v) is 11.6. The molecule has 1 aliphatic rings. The van der Waals surface area contributed by atoms with Gasteiger partial charge in [-0.15, -0.1) is 0 Å². The maximum absolute atomic E-state index is 12.9. The van der Waals surface area contributed by atoms with E-state index >= 15 is 0 Å². The topological polar surface area (TPSA) is 113 Å². The number of nitrogens with one attached hydrogen (secondary N) is 1. The highest BCUT2D eigenvalue weighted by atomic mass is 32.1. The molecule has 0 spiro atoms. The molecule has 2 heterocycles. The second-order valence-corrected chi connectivity index (χ2v) is 8.46. The van der Waals surface area contributed by atoms with Crippen LogP contribution >= 0.6 is 11.3 Å². The Hall–Kier alpha value is -3.40. The third-order valence-corrected chi connectivity index (χ3v) is 6.23. The van der Waals surface area contributed by atoms with E-state index in [0.717, 1.165) is 37.7 Å². The Morgan fingerprint density at radius 1 is 1.15 bits per heavy atom. The molecule has 0 aliphatic heterocycles. The Bertz CT molecular complexity index is 1110. The lowest BCUT2D eigenvalue weighted by Gasteiger charge is -2.22. The smallest absolute Gasteiger partial charge is 0.340 e. The van der Waals surface area contributed by atoms with E-state index in [-0.39, 0.29) is 29.9 Å². The molecule has 3 aromatic rings. The number of hydrogen-bond acceptors (Lipinski definition) is 9. The van der Waals surface area contributed by atoms with Gasteiger partial charge in [0.2, 0.25) is 11.7 Å². The largest absolute Gasteiger partial charge is 0.493 e. The molecule has 33 heavy (non-hydrogen) atoms. The van der Waals surface area contributed by atoms with Crippen molar-refractivity contribution in [2.45, 2.75) is 38.7 Å². The maximum Gasteiger partial charge on any atom is 0.340 e. The number of anilines is 1. The van der Waals surface area contributed by atoms with Crippen molar-refractivity contribution in [1.29, 1.82) is 0 Å². The summed E-state index contributed by atoms with van der Waals surface area (Å²) >= 11 is 1.52. The van der Waals surface area contributed by atoms with E-state index < -0.39 is 5.97 Å². The Kier molecular flexibility index (Phi) is 7.23. The standard InChI is InChI=1S/C23H25N3O6S/c1-29-18-10-16(17(11-19(18)30-2)24-22(27)14-6-4-3-5-7-14)23(28)31-12-20-25-21(26-32-20)15-8-9-33-13-15/h8-11,13-14H,3-7,12H2,1-2H3,(H,24,27). The SMILES string of the molecule is COc1cc(NC(=O)C2CCCCC2)c(C(=O)OCc2nc(-c3ccsc3)no2)cc1OC. The molecule has 0 saturated heterocycles. The Morgan fingerprint density at radius 3 is 2.61 bits per heavy atom. The third kappa shape index (κ3) is 5.33. The first-order valence-electron chi connectivity index (χ1n) is 10.7. The van der Waals surface area contributed by atoms with E-state index in [2.05, 4.69) is 15.5 Å². The lowest BCUT2D eigenvalue weighted by Crippen LogP contribution is -2.26. The first-order chi connectivity index (χ1) is 16.1. The van der Waals surface area contributed by atoms with Crippen molar-refractivity contribution < 1.29 is 28.3 Å². The second kappa shape index (κ2) is 10.5. The molecule has 1 fully saturated rings. The zero-order chi connectivity index (χ0) is 23.2. The molecular weight excluding hydrogens is 446 g/mol. The van der Waals surface area contributed by atoms with Gasteiger partial charge in [0.25, 0.3) is 5.89 Å². The highest BCUT2D eigenvalue weighted by molar-refractivity contribution is 7.08. The molecule has 9 nitrogen and oxygen atoms in total. The Labute approximate surface area is 195 Å². The fraction of sp³-hybridized carbons (Fsp3) is 0.391. The molecule has 1 saturated carbocycles. The predicted molar refractivity (Wildman–Crippen MR) is 121 cm³/mol.